The molecule has 2 bridgehead atoms. The number of pyridine rings is 2. The number of piperazine rings is 1. The summed E-state index contributed by atoms with van der Waals surface area (Å²) in [6.45, 7) is 3.82. The molecule has 1 saturated heterocycles. The molecular formula is C37H37Cl2N5O4. The van der Waals surface area contributed by atoms with Crippen molar-refractivity contribution in [1.82, 2.24) is 20.0 Å². The molecule has 4 heterocycles. The average molecular weight is 687 g/mol. The fraction of sp³-hybridized carbons (Fsp3) is 0.459. The minimum absolute atomic E-state index is 0.0363. The summed E-state index contributed by atoms with van der Waals surface area (Å²) in [6, 6.07) is 7.72. The van der Waals surface area contributed by atoms with Gasteiger partial charge in [0.05, 0.1) is 22.3 Å². The van der Waals surface area contributed by atoms with Crippen LogP contribution >= 0.6 is 23.2 Å². The number of aromatic carboxylic acids is 1. The Labute approximate surface area is 289 Å². The van der Waals surface area contributed by atoms with Crippen molar-refractivity contribution < 1.29 is 19.2 Å². The smallest absolute Gasteiger partial charge is 0.354 e. The number of ether oxygens (including phenoxy) is 1. The topological polar surface area (TPSA) is 105 Å². The number of likely N-dealkylation sites (N-methyl/N-ethyl adjacent to an activating group) is 1. The summed E-state index contributed by atoms with van der Waals surface area (Å²) < 4.78 is 12.7. The number of carbonyl (C=O) groups is 1. The first kappa shape index (κ1) is 31.6. The van der Waals surface area contributed by atoms with Gasteiger partial charge in [-0.05, 0) is 82.0 Å². The van der Waals surface area contributed by atoms with E-state index in [1.54, 1.807) is 18.5 Å². The van der Waals surface area contributed by atoms with E-state index in [0.29, 0.717) is 33.8 Å². The Balaban J connectivity index is 1.00. The summed E-state index contributed by atoms with van der Waals surface area (Å²) >= 11 is 13.0. The SMILES string of the molecule is CN1CCN(c2nc(C(=O)O)cc3ccc(C#CC45CCC(OCc6c(-c7c(Cl)cncc7Cl)noc6C6CC6)(CC4)CC5)cc23)CC1. The molecule has 0 amide bonds. The zero-order chi connectivity index (χ0) is 33.0. The van der Waals surface area contributed by atoms with E-state index in [0.717, 1.165) is 111 Å². The highest BCUT2D eigenvalue weighted by Gasteiger charge is 2.49. The van der Waals surface area contributed by atoms with Crippen LogP contribution in [-0.4, -0.2) is 69.9 Å². The van der Waals surface area contributed by atoms with Crippen molar-refractivity contribution >= 4 is 45.8 Å². The molecule has 5 fully saturated rings. The van der Waals surface area contributed by atoms with Gasteiger partial charge in [0.15, 0.2) is 5.69 Å². The van der Waals surface area contributed by atoms with Gasteiger partial charge in [0.25, 0.3) is 0 Å². The van der Waals surface area contributed by atoms with E-state index in [9.17, 15) is 9.90 Å². The molecular weight excluding hydrogens is 649 g/mol. The lowest BCUT2D eigenvalue weighted by atomic mass is 9.59. The number of hydrogen-bond donors (Lipinski definition) is 1. The molecule has 4 saturated carbocycles. The van der Waals surface area contributed by atoms with Crippen molar-refractivity contribution in [2.24, 2.45) is 5.41 Å². The first-order valence-corrected chi connectivity index (χ1v) is 17.5. The van der Waals surface area contributed by atoms with Crippen LogP contribution in [0.3, 0.4) is 0 Å². The second kappa shape index (κ2) is 12.3. The van der Waals surface area contributed by atoms with Crippen LogP contribution in [-0.2, 0) is 11.3 Å². The van der Waals surface area contributed by atoms with Crippen LogP contribution in [0.4, 0.5) is 5.82 Å². The summed E-state index contributed by atoms with van der Waals surface area (Å²) in [5.41, 5.74) is 3.00. The van der Waals surface area contributed by atoms with E-state index in [1.807, 2.05) is 12.1 Å². The standard InChI is InChI=1S/C37H37Cl2N5O4/c1-43-14-16-44(17-15-43)34-26-18-23(2-3-25(26)19-30(41-34)35(45)46)6-7-36-8-11-37(12-9-36,13-10-36)47-22-27-32(42-48-33(27)24-4-5-24)31-28(38)20-40-21-29(31)39/h2-3,18-21,24H,4-5,8-17,22H2,1H3,(H,45,46). The number of nitrogens with zero attached hydrogens (tertiary/aromatic N) is 5. The fourth-order valence-corrected chi connectivity index (χ4v) is 8.17. The van der Waals surface area contributed by atoms with Crippen molar-refractivity contribution in [3.8, 4) is 23.1 Å². The predicted molar refractivity (Wildman–Crippen MR) is 185 cm³/mol. The molecule has 9 nitrogen and oxygen atoms in total. The fourth-order valence-electron chi connectivity index (χ4n) is 7.62. The van der Waals surface area contributed by atoms with E-state index < -0.39 is 5.97 Å². The van der Waals surface area contributed by atoms with Gasteiger partial charge in [0.2, 0.25) is 0 Å². The van der Waals surface area contributed by atoms with E-state index in [1.165, 1.54) is 0 Å². The minimum atomic E-state index is -1.02. The number of hydrogen-bond acceptors (Lipinski definition) is 8. The number of anilines is 1. The van der Waals surface area contributed by atoms with Gasteiger partial charge in [-0.1, -0.05) is 46.3 Å². The molecule has 1 N–H and O–H groups in total. The van der Waals surface area contributed by atoms with Crippen LogP contribution < -0.4 is 4.90 Å². The van der Waals surface area contributed by atoms with Crippen molar-refractivity contribution in [1.29, 1.82) is 0 Å². The molecule has 3 aromatic heterocycles. The summed E-state index contributed by atoms with van der Waals surface area (Å²) in [5, 5.41) is 16.8. The maximum atomic E-state index is 11.9. The Morgan fingerprint density at radius 2 is 1.75 bits per heavy atom. The van der Waals surface area contributed by atoms with Crippen LogP contribution in [0, 0.1) is 17.3 Å². The lowest BCUT2D eigenvalue weighted by Crippen LogP contribution is -2.47. The number of rotatable bonds is 7. The molecule has 4 aromatic rings. The zero-order valence-electron chi connectivity index (χ0n) is 26.9. The van der Waals surface area contributed by atoms with E-state index in [2.05, 4.69) is 49.9 Å². The van der Waals surface area contributed by atoms with Gasteiger partial charge in [0.1, 0.15) is 17.3 Å². The zero-order valence-corrected chi connectivity index (χ0v) is 28.4. The highest BCUT2D eigenvalue weighted by molar-refractivity contribution is 6.38. The Kier molecular flexibility index (Phi) is 8.11. The van der Waals surface area contributed by atoms with Crippen LogP contribution in [0.25, 0.3) is 22.0 Å². The van der Waals surface area contributed by atoms with Gasteiger partial charge in [-0.15, -0.1) is 0 Å². The highest BCUT2D eigenvalue weighted by atomic mass is 35.5. The molecule has 11 heteroatoms. The third-order valence-electron chi connectivity index (χ3n) is 10.9. The maximum Gasteiger partial charge on any atom is 0.354 e. The van der Waals surface area contributed by atoms with Crippen LogP contribution in [0.15, 0.2) is 41.2 Å². The number of fused-ring (bicyclic) bond motifs is 4. The average Bonchev–Trinajstić information content (AvgIpc) is 3.86. The quantitative estimate of drug-likeness (QED) is 0.197. The molecule has 1 aromatic carbocycles. The Morgan fingerprint density at radius 3 is 2.42 bits per heavy atom. The molecule has 248 valence electrons. The van der Waals surface area contributed by atoms with Crippen molar-refractivity contribution in [3.05, 3.63) is 69.3 Å². The molecule has 48 heavy (non-hydrogen) atoms. The molecule has 0 unspecified atom stereocenters. The van der Waals surface area contributed by atoms with Gasteiger partial charge in [-0.25, -0.2) is 9.78 Å². The summed E-state index contributed by atoms with van der Waals surface area (Å²) in [5.74, 6) is 8.18. The summed E-state index contributed by atoms with van der Waals surface area (Å²) in [6.07, 6.45) is 11.1. The largest absolute Gasteiger partial charge is 0.477 e. The van der Waals surface area contributed by atoms with Crippen molar-refractivity contribution in [3.63, 3.8) is 0 Å². The molecule has 1 aliphatic heterocycles. The second-order valence-corrected chi connectivity index (χ2v) is 14.8. The van der Waals surface area contributed by atoms with Crippen molar-refractivity contribution in [2.75, 3.05) is 38.1 Å². The van der Waals surface area contributed by atoms with Crippen LogP contribution in [0.5, 0.6) is 0 Å². The monoisotopic (exact) mass is 685 g/mol. The Bertz CT molecular complexity index is 1930. The van der Waals surface area contributed by atoms with Gasteiger partial charge in [-0.3, -0.25) is 4.98 Å². The predicted octanol–water partition coefficient (Wildman–Crippen LogP) is 7.58. The number of carboxylic acid groups (broad SMARTS) is 1. The van der Waals surface area contributed by atoms with Crippen LogP contribution in [0.2, 0.25) is 10.0 Å². The molecule has 0 atom stereocenters. The van der Waals surface area contributed by atoms with Gasteiger partial charge in [0, 0.05) is 72.0 Å². The number of carboxylic acids is 1. The number of aromatic nitrogens is 3. The third-order valence-corrected chi connectivity index (χ3v) is 11.4. The first-order valence-electron chi connectivity index (χ1n) is 16.8. The van der Waals surface area contributed by atoms with E-state index >= 15 is 0 Å². The molecule has 0 radical (unpaired) electrons. The Morgan fingerprint density at radius 1 is 1.04 bits per heavy atom. The van der Waals surface area contributed by atoms with Gasteiger partial charge in [-0.2, -0.15) is 0 Å². The van der Waals surface area contributed by atoms with Crippen LogP contribution in [0.1, 0.15) is 84.7 Å². The molecule has 9 rings (SSSR count). The highest BCUT2D eigenvalue weighted by Crippen LogP contribution is 2.54. The number of benzene rings is 1. The van der Waals surface area contributed by atoms with Gasteiger partial charge >= 0.3 is 5.97 Å². The van der Waals surface area contributed by atoms with Gasteiger partial charge < -0.3 is 24.2 Å². The molecule has 4 aliphatic carbocycles. The first-order chi connectivity index (χ1) is 23.2. The van der Waals surface area contributed by atoms with E-state index in [-0.39, 0.29) is 16.7 Å². The second-order valence-electron chi connectivity index (χ2n) is 14.0. The third kappa shape index (κ3) is 5.94. The molecule has 5 aliphatic rings. The van der Waals surface area contributed by atoms with Crippen molar-refractivity contribution in [2.45, 2.75) is 69.5 Å². The normalized spacial score (nSPS) is 24.1. The lowest BCUT2D eigenvalue weighted by molar-refractivity contribution is -0.131. The summed E-state index contributed by atoms with van der Waals surface area (Å²) in [7, 11) is 2.10. The maximum absolute atomic E-state index is 11.9. The van der Waals surface area contributed by atoms with E-state index in [4.69, 9.17) is 32.5 Å². The molecule has 0 spiro atoms. The Hall–Kier alpha value is -3.68. The summed E-state index contributed by atoms with van der Waals surface area (Å²) in [4.78, 5) is 25.0. The minimum Gasteiger partial charge on any atom is -0.477 e. The number of halogens is 2. The lowest BCUT2D eigenvalue weighted by Gasteiger charge is -2.51.